The van der Waals surface area contributed by atoms with E-state index in [4.69, 9.17) is 4.74 Å². The number of morpholine rings is 1. The molecule has 3 rings (SSSR count). The van der Waals surface area contributed by atoms with Crippen molar-refractivity contribution in [1.29, 1.82) is 0 Å². The number of imide groups is 1. The summed E-state index contributed by atoms with van der Waals surface area (Å²) in [5.41, 5.74) is -0.363. The van der Waals surface area contributed by atoms with Gasteiger partial charge in [-0.05, 0) is 6.07 Å². The molecule has 2 aliphatic rings. The van der Waals surface area contributed by atoms with Gasteiger partial charge in [-0.15, -0.1) is 0 Å². The van der Waals surface area contributed by atoms with Crippen molar-refractivity contribution in [3.8, 4) is 0 Å². The van der Waals surface area contributed by atoms with Crippen molar-refractivity contribution < 1.29 is 29.2 Å². The molecular weight excluding hydrogens is 334 g/mol. The first-order valence-corrected chi connectivity index (χ1v) is 7.56. The lowest BCUT2D eigenvalue weighted by molar-refractivity contribution is -0.384. The van der Waals surface area contributed by atoms with E-state index in [1.54, 1.807) is 0 Å². The first-order chi connectivity index (χ1) is 11.9. The largest absolute Gasteiger partial charge is 0.394 e. The maximum absolute atomic E-state index is 12.4. The van der Waals surface area contributed by atoms with E-state index < -0.39 is 35.2 Å². The Morgan fingerprint density at radius 1 is 1.32 bits per heavy atom. The fourth-order valence-electron chi connectivity index (χ4n) is 2.90. The van der Waals surface area contributed by atoms with E-state index >= 15 is 0 Å². The number of hydrogen-bond acceptors (Lipinski definition) is 7. The quantitative estimate of drug-likeness (QED) is 0.437. The van der Waals surface area contributed by atoms with Crippen LogP contribution in [0.25, 0.3) is 0 Å². The van der Waals surface area contributed by atoms with Crippen LogP contribution in [0.2, 0.25) is 0 Å². The summed E-state index contributed by atoms with van der Waals surface area (Å²) in [5, 5.41) is 20.1. The Bertz CT molecular complexity index is 763. The molecule has 10 nitrogen and oxygen atoms in total. The van der Waals surface area contributed by atoms with Crippen LogP contribution < -0.4 is 0 Å². The fraction of sp³-hybridized carbons (Fsp3) is 0.400. The topological polar surface area (TPSA) is 130 Å². The Kier molecular flexibility index (Phi) is 4.47. The zero-order valence-electron chi connectivity index (χ0n) is 13.1. The number of rotatable bonds is 4. The van der Waals surface area contributed by atoms with Crippen LogP contribution in [-0.4, -0.2) is 76.5 Å². The molecule has 0 aromatic heterocycles. The van der Waals surface area contributed by atoms with Crippen molar-refractivity contribution in [3.05, 3.63) is 39.4 Å². The second-order valence-corrected chi connectivity index (χ2v) is 5.68. The first kappa shape index (κ1) is 17.0. The van der Waals surface area contributed by atoms with E-state index in [9.17, 15) is 29.6 Å². The highest BCUT2D eigenvalue weighted by Gasteiger charge is 2.39. The molecule has 1 aromatic rings. The van der Waals surface area contributed by atoms with Gasteiger partial charge in [0.15, 0.2) is 0 Å². The Morgan fingerprint density at radius 2 is 2.04 bits per heavy atom. The monoisotopic (exact) mass is 349 g/mol. The van der Waals surface area contributed by atoms with E-state index in [0.717, 1.165) is 17.0 Å². The molecule has 3 amide bonds. The van der Waals surface area contributed by atoms with Crippen molar-refractivity contribution in [2.75, 3.05) is 32.9 Å². The van der Waals surface area contributed by atoms with Gasteiger partial charge in [0.05, 0.1) is 41.9 Å². The number of nitro groups is 1. The lowest BCUT2D eigenvalue weighted by Gasteiger charge is -2.35. The molecule has 1 fully saturated rings. The van der Waals surface area contributed by atoms with Gasteiger partial charge >= 0.3 is 0 Å². The van der Waals surface area contributed by atoms with Crippen LogP contribution >= 0.6 is 0 Å². The maximum Gasteiger partial charge on any atom is 0.270 e. The predicted molar refractivity (Wildman–Crippen MR) is 81.9 cm³/mol. The number of hydrogen-bond donors (Lipinski definition) is 1. The predicted octanol–water partition coefficient (Wildman–Crippen LogP) is -0.590. The molecule has 2 aliphatic heterocycles. The minimum Gasteiger partial charge on any atom is -0.394 e. The Labute approximate surface area is 141 Å². The molecule has 2 heterocycles. The summed E-state index contributed by atoms with van der Waals surface area (Å²) in [6.45, 7) is -0.0531. The fourth-order valence-corrected chi connectivity index (χ4v) is 2.90. The van der Waals surface area contributed by atoms with E-state index in [1.807, 2.05) is 0 Å². The standard InChI is InChI=1S/C15H15N3O7/c19-7-10-8-25-4-3-16(10)13(20)6-17-14(21)11-2-1-9(18(23)24)5-12(11)15(17)22/h1-2,5,10,19H,3-4,6-8H2. The zero-order chi connectivity index (χ0) is 18.1. The van der Waals surface area contributed by atoms with Crippen LogP contribution in [0.3, 0.4) is 0 Å². The summed E-state index contributed by atoms with van der Waals surface area (Å²) in [6.07, 6.45) is 0. The van der Waals surface area contributed by atoms with Gasteiger partial charge in [0.2, 0.25) is 5.91 Å². The number of fused-ring (bicyclic) bond motifs is 1. The molecule has 1 saturated heterocycles. The van der Waals surface area contributed by atoms with Gasteiger partial charge in [-0.1, -0.05) is 0 Å². The zero-order valence-corrected chi connectivity index (χ0v) is 13.1. The third-order valence-corrected chi connectivity index (χ3v) is 4.22. The van der Waals surface area contributed by atoms with Crippen LogP contribution in [0.4, 0.5) is 5.69 Å². The molecule has 25 heavy (non-hydrogen) atoms. The molecule has 1 aromatic carbocycles. The van der Waals surface area contributed by atoms with Crippen molar-refractivity contribution in [3.63, 3.8) is 0 Å². The summed E-state index contributed by atoms with van der Waals surface area (Å²) in [5.74, 6) is -1.91. The van der Waals surface area contributed by atoms with Gasteiger partial charge < -0.3 is 14.7 Å². The molecule has 0 bridgehead atoms. The molecule has 132 valence electrons. The molecule has 0 saturated carbocycles. The normalized spacial score (nSPS) is 20.0. The number of aliphatic hydroxyl groups excluding tert-OH is 1. The molecule has 0 spiro atoms. The number of benzene rings is 1. The summed E-state index contributed by atoms with van der Waals surface area (Å²) < 4.78 is 5.19. The number of nitro benzene ring substituents is 1. The van der Waals surface area contributed by atoms with E-state index in [1.165, 1.54) is 11.0 Å². The van der Waals surface area contributed by atoms with E-state index in [2.05, 4.69) is 0 Å². The smallest absolute Gasteiger partial charge is 0.270 e. The second-order valence-electron chi connectivity index (χ2n) is 5.68. The third-order valence-electron chi connectivity index (χ3n) is 4.22. The first-order valence-electron chi connectivity index (χ1n) is 7.56. The number of carbonyl (C=O) groups excluding carboxylic acids is 3. The highest BCUT2D eigenvalue weighted by atomic mass is 16.6. The minimum absolute atomic E-state index is 0.0316. The van der Waals surface area contributed by atoms with Crippen molar-refractivity contribution in [2.24, 2.45) is 0 Å². The number of non-ortho nitro benzene ring substituents is 1. The molecule has 1 N–H and O–H groups in total. The van der Waals surface area contributed by atoms with Crippen LogP contribution in [-0.2, 0) is 9.53 Å². The average Bonchev–Trinajstić information content (AvgIpc) is 2.86. The lowest BCUT2D eigenvalue weighted by Crippen LogP contribution is -2.53. The van der Waals surface area contributed by atoms with Crippen LogP contribution in [0.15, 0.2) is 18.2 Å². The Balaban J connectivity index is 1.79. The van der Waals surface area contributed by atoms with E-state index in [-0.39, 0.29) is 36.6 Å². The maximum atomic E-state index is 12.4. The third kappa shape index (κ3) is 2.96. The van der Waals surface area contributed by atoms with Gasteiger partial charge in [0.25, 0.3) is 17.5 Å². The van der Waals surface area contributed by atoms with Crippen molar-refractivity contribution >= 4 is 23.4 Å². The Hall–Kier alpha value is -2.85. The molecule has 1 atom stereocenters. The molecular formula is C15H15N3O7. The Morgan fingerprint density at radius 3 is 2.72 bits per heavy atom. The number of ether oxygens (including phenoxy) is 1. The lowest BCUT2D eigenvalue weighted by atomic mass is 10.1. The van der Waals surface area contributed by atoms with Crippen molar-refractivity contribution in [2.45, 2.75) is 6.04 Å². The average molecular weight is 349 g/mol. The highest BCUT2D eigenvalue weighted by molar-refractivity contribution is 6.22. The number of amides is 3. The van der Waals surface area contributed by atoms with Crippen molar-refractivity contribution in [1.82, 2.24) is 9.80 Å². The molecule has 10 heteroatoms. The minimum atomic E-state index is -0.745. The van der Waals surface area contributed by atoms with Gasteiger partial charge in [-0.25, -0.2) is 0 Å². The summed E-state index contributed by atoms with van der Waals surface area (Å²) in [6, 6.07) is 2.85. The summed E-state index contributed by atoms with van der Waals surface area (Å²) in [7, 11) is 0. The molecule has 0 radical (unpaired) electrons. The van der Waals surface area contributed by atoms with Crippen LogP contribution in [0, 0.1) is 10.1 Å². The number of carbonyl (C=O) groups is 3. The summed E-state index contributed by atoms with van der Waals surface area (Å²) in [4.78, 5) is 49.5. The van der Waals surface area contributed by atoms with Gasteiger partial charge in [0.1, 0.15) is 6.54 Å². The molecule has 1 unspecified atom stereocenters. The van der Waals surface area contributed by atoms with Gasteiger partial charge in [0, 0.05) is 18.7 Å². The second kappa shape index (κ2) is 6.57. The SMILES string of the molecule is O=C1c2ccc([N+](=O)[O-])cc2C(=O)N1CC(=O)N1CCOCC1CO. The summed E-state index contributed by atoms with van der Waals surface area (Å²) >= 11 is 0. The van der Waals surface area contributed by atoms with Crippen LogP contribution in [0.5, 0.6) is 0 Å². The molecule has 0 aliphatic carbocycles. The van der Waals surface area contributed by atoms with Gasteiger partial charge in [-0.3, -0.25) is 29.4 Å². The number of aliphatic hydroxyl groups is 1. The van der Waals surface area contributed by atoms with Gasteiger partial charge in [-0.2, -0.15) is 0 Å². The van der Waals surface area contributed by atoms with Crippen LogP contribution in [0.1, 0.15) is 20.7 Å². The van der Waals surface area contributed by atoms with E-state index in [0.29, 0.717) is 6.61 Å². The highest BCUT2D eigenvalue weighted by Crippen LogP contribution is 2.27. The number of nitrogens with zero attached hydrogens (tertiary/aromatic N) is 3.